The Hall–Kier alpha value is -1.84. The summed E-state index contributed by atoms with van der Waals surface area (Å²) >= 11 is 1.00. The van der Waals surface area contributed by atoms with Gasteiger partial charge in [-0.15, -0.1) is 0 Å². The summed E-state index contributed by atoms with van der Waals surface area (Å²) in [6.45, 7) is 1.17. The third-order valence-corrected chi connectivity index (χ3v) is 10.5. The summed E-state index contributed by atoms with van der Waals surface area (Å²) in [5.41, 5.74) is 3.85. The first kappa shape index (κ1) is 46.3. The number of carbonyl (C=O) groups excluding carboxylic acids is 3. The van der Waals surface area contributed by atoms with Crippen LogP contribution in [0.15, 0.2) is 12.7 Å². The fourth-order valence-corrected chi connectivity index (χ4v) is 7.50. The molecular formula is C23H32LiN7O17P3S-5. The third-order valence-electron chi connectivity index (χ3n) is 6.72. The van der Waals surface area contributed by atoms with E-state index >= 15 is 0 Å². The van der Waals surface area contributed by atoms with Crippen molar-refractivity contribution in [3.8, 4) is 0 Å². The second kappa shape index (κ2) is 19.1. The van der Waals surface area contributed by atoms with E-state index in [1.54, 1.807) is 0 Å². The molecular weight excluding hydrogens is 778 g/mol. The number of hydrogen-bond acceptors (Lipinski definition) is 22. The second-order valence-electron chi connectivity index (χ2n) is 11.3. The number of imidazole rings is 1. The van der Waals surface area contributed by atoms with Crippen molar-refractivity contribution in [1.29, 1.82) is 0 Å². The van der Waals surface area contributed by atoms with Crippen LogP contribution in [-0.2, 0) is 50.7 Å². The van der Waals surface area contributed by atoms with Crippen molar-refractivity contribution in [2.45, 2.75) is 57.8 Å². The van der Waals surface area contributed by atoms with Crippen molar-refractivity contribution in [2.24, 2.45) is 5.41 Å². The number of fused-ring (bicyclic) bond motifs is 1. The van der Waals surface area contributed by atoms with Crippen LogP contribution in [-0.4, -0.2) is 92.9 Å². The molecule has 1 fully saturated rings. The van der Waals surface area contributed by atoms with E-state index in [-0.39, 0.29) is 60.5 Å². The second-order valence-corrected chi connectivity index (χ2v) is 16.6. The summed E-state index contributed by atoms with van der Waals surface area (Å²) in [5, 5.41) is 30.4. The molecule has 2 aromatic heterocycles. The molecule has 29 heteroatoms. The Labute approximate surface area is 311 Å². The van der Waals surface area contributed by atoms with E-state index in [1.165, 1.54) is 6.92 Å². The predicted molar refractivity (Wildman–Crippen MR) is 159 cm³/mol. The van der Waals surface area contributed by atoms with E-state index in [2.05, 4.69) is 43.5 Å². The normalized spacial score (nSPS) is 22.2. The molecule has 0 aromatic carbocycles. The van der Waals surface area contributed by atoms with Crippen LogP contribution < -0.4 is 65.0 Å². The van der Waals surface area contributed by atoms with Gasteiger partial charge in [-0.2, -0.15) is 0 Å². The van der Waals surface area contributed by atoms with Gasteiger partial charge in [0.1, 0.15) is 24.2 Å². The number of nitrogens with two attached hydrogens (primary N) is 1. The van der Waals surface area contributed by atoms with E-state index in [4.69, 9.17) is 10.5 Å². The molecule has 3 heterocycles. The number of rotatable bonds is 19. The van der Waals surface area contributed by atoms with E-state index in [0.717, 1.165) is 42.8 Å². The maximum absolute atomic E-state index is 13.1. The number of carbonyl (C=O) groups is 3. The minimum Gasteiger partial charge on any atom is -0.847 e. The van der Waals surface area contributed by atoms with Crippen molar-refractivity contribution < 1.29 is 99.3 Å². The molecule has 2 amide bonds. The molecule has 1 saturated heterocycles. The number of nitrogens with one attached hydrogen (secondary N) is 2. The number of aromatic nitrogens is 4. The number of ether oxygens (including phenoxy) is 1. The largest absolute Gasteiger partial charge is 1.00 e. The Bertz CT molecular complexity index is 1720. The van der Waals surface area contributed by atoms with Gasteiger partial charge >= 0.3 is 18.9 Å². The molecule has 7 atom stereocenters. The Morgan fingerprint density at radius 3 is 2.37 bits per heavy atom. The van der Waals surface area contributed by atoms with Crippen molar-refractivity contribution in [3.63, 3.8) is 0 Å². The van der Waals surface area contributed by atoms with Crippen LogP contribution in [0.4, 0.5) is 5.82 Å². The van der Waals surface area contributed by atoms with Gasteiger partial charge in [0, 0.05) is 32.2 Å². The maximum atomic E-state index is 13.1. The third kappa shape index (κ3) is 13.8. The number of nitrogens with zero attached hydrogens (tertiary/aromatic N) is 4. The minimum absolute atomic E-state index is 0. The molecule has 52 heavy (non-hydrogen) atoms. The maximum Gasteiger partial charge on any atom is 1.00 e. The SMILES string of the molecule is CC(=O)SCCNC(=O)CCNC(=O)C([O-])C(C)(C)COP(=O)([O-])OP(=O)([O-])OCC1OC(n2cnc3c(N)ncnc32)C([O-])C1OP(=O)([O-])[O-].[Li+]. The quantitative estimate of drug-likeness (QED) is 0.0673. The molecule has 0 bridgehead atoms. The van der Waals surface area contributed by atoms with Crippen LogP contribution >= 0.6 is 35.2 Å². The van der Waals surface area contributed by atoms with Crippen LogP contribution in [0.2, 0.25) is 0 Å². The predicted octanol–water partition coefficient (Wildman–Crippen LogP) is -8.10. The number of nitrogen functional groups attached to an aromatic ring is 1. The van der Waals surface area contributed by atoms with E-state index in [9.17, 15) is 57.9 Å². The van der Waals surface area contributed by atoms with Gasteiger partial charge in [-0.25, -0.2) is 19.3 Å². The van der Waals surface area contributed by atoms with Gasteiger partial charge in [0.15, 0.2) is 16.6 Å². The van der Waals surface area contributed by atoms with E-state index in [0.29, 0.717) is 5.75 Å². The number of thioether (sulfide) groups is 1. The zero-order valence-corrected chi connectivity index (χ0v) is 31.3. The zero-order chi connectivity index (χ0) is 38.4. The molecule has 0 spiro atoms. The fourth-order valence-electron chi connectivity index (χ4n) is 4.27. The van der Waals surface area contributed by atoms with Crippen LogP contribution in [0, 0.1) is 5.41 Å². The van der Waals surface area contributed by atoms with Crippen LogP contribution in [0.3, 0.4) is 0 Å². The molecule has 3 rings (SSSR count). The molecule has 7 unspecified atom stereocenters. The fraction of sp³-hybridized carbons (Fsp3) is 0.652. The smallest absolute Gasteiger partial charge is 0.847 e. The molecule has 1 aliphatic heterocycles. The van der Waals surface area contributed by atoms with Gasteiger partial charge in [-0.3, -0.25) is 28.1 Å². The van der Waals surface area contributed by atoms with Gasteiger partial charge in [0.2, 0.25) is 11.8 Å². The summed E-state index contributed by atoms with van der Waals surface area (Å²) in [6, 6.07) is 0. The Morgan fingerprint density at radius 1 is 1.08 bits per heavy atom. The topological polar surface area (TPSA) is 381 Å². The van der Waals surface area contributed by atoms with Crippen LogP contribution in [0.1, 0.15) is 33.4 Å². The van der Waals surface area contributed by atoms with Gasteiger partial charge in [0.05, 0.1) is 33.5 Å². The summed E-state index contributed by atoms with van der Waals surface area (Å²) in [5.74, 6) is -1.37. The van der Waals surface area contributed by atoms with E-state index < -0.39 is 84.6 Å². The molecule has 24 nitrogen and oxygen atoms in total. The molecule has 0 aliphatic carbocycles. The number of amides is 2. The van der Waals surface area contributed by atoms with Gasteiger partial charge in [-0.05, 0) is 17.6 Å². The molecule has 2 aromatic rings. The van der Waals surface area contributed by atoms with Crippen LogP contribution in [0.25, 0.3) is 11.2 Å². The Balaban J connectivity index is 0.00000936. The van der Waals surface area contributed by atoms with Crippen molar-refractivity contribution in [1.82, 2.24) is 30.2 Å². The number of phosphoric acid groups is 3. The number of hydrogen-bond donors (Lipinski definition) is 3. The molecule has 4 N–H and O–H groups in total. The number of anilines is 1. The molecule has 0 saturated carbocycles. The monoisotopic (exact) mass is 810 g/mol. The first-order chi connectivity index (χ1) is 23.5. The summed E-state index contributed by atoms with van der Waals surface area (Å²) in [4.78, 5) is 94.0. The summed E-state index contributed by atoms with van der Waals surface area (Å²) in [6.07, 6.45) is -8.47. The summed E-state index contributed by atoms with van der Waals surface area (Å²) < 4.78 is 59.8. The Morgan fingerprint density at radius 2 is 1.73 bits per heavy atom. The minimum atomic E-state index is -5.94. The van der Waals surface area contributed by atoms with Gasteiger partial charge < -0.3 is 69.0 Å². The van der Waals surface area contributed by atoms with Gasteiger partial charge in [0.25, 0.3) is 15.6 Å². The van der Waals surface area contributed by atoms with Crippen molar-refractivity contribution in [2.75, 3.05) is 37.8 Å². The van der Waals surface area contributed by atoms with Crippen molar-refractivity contribution >= 4 is 69.1 Å². The van der Waals surface area contributed by atoms with Crippen LogP contribution in [0.5, 0.6) is 0 Å². The first-order valence-electron chi connectivity index (χ1n) is 14.4. The zero-order valence-electron chi connectivity index (χ0n) is 27.8. The standard InChI is InChI=1S/C23H36N7O17P3S.Li/c1-12(31)51-7-6-25-14(32)4-5-26-21(35)18(34)23(2,3)9-44-50(41,42)47-49(39,40)43-8-13-17(46-48(36,37)38)16(33)22(45-13)30-11-29-15-19(24)27-10-28-20(15)30;/h10-11,13,16-18,22H,4-9H2,1-3H3,(H,25,32)(H,26,35)(H,39,40)(H,41,42)(H2,24,27,28)(H2,36,37,38);/q-2;+1/p-4. The Kier molecular flexibility index (Phi) is 17.1. The van der Waals surface area contributed by atoms with E-state index in [1.807, 2.05) is 0 Å². The number of phosphoric ester groups is 3. The molecule has 0 radical (unpaired) electrons. The first-order valence-corrected chi connectivity index (χ1v) is 19.8. The molecule has 288 valence electrons. The average molecular weight is 810 g/mol. The average Bonchev–Trinajstić information content (AvgIpc) is 3.57. The summed E-state index contributed by atoms with van der Waals surface area (Å²) in [7, 11) is -17.7. The van der Waals surface area contributed by atoms with Crippen molar-refractivity contribution in [3.05, 3.63) is 12.7 Å². The van der Waals surface area contributed by atoms with Gasteiger partial charge in [-0.1, -0.05) is 25.6 Å². The molecule has 1 aliphatic rings.